The topological polar surface area (TPSA) is 126 Å². The highest BCUT2D eigenvalue weighted by molar-refractivity contribution is 6.02. The number of carbonyl (C=O) groups is 3. The molecule has 0 aromatic heterocycles. The van der Waals surface area contributed by atoms with Crippen molar-refractivity contribution in [2.45, 2.75) is 38.5 Å². The maximum absolute atomic E-state index is 14.0. The van der Waals surface area contributed by atoms with E-state index >= 15 is 0 Å². The summed E-state index contributed by atoms with van der Waals surface area (Å²) in [4.78, 5) is 39.5. The maximum Gasteiger partial charge on any atom is 0.414 e. The van der Waals surface area contributed by atoms with Crippen LogP contribution in [-0.2, 0) is 20.7 Å². The molecule has 1 aliphatic rings. The number of rotatable bonds is 8. The van der Waals surface area contributed by atoms with Crippen LogP contribution in [0, 0.1) is 5.82 Å². The number of benzene rings is 3. The Labute approximate surface area is 239 Å². The summed E-state index contributed by atoms with van der Waals surface area (Å²) in [6.07, 6.45) is -1.85. The summed E-state index contributed by atoms with van der Waals surface area (Å²) in [5.74, 6) is -3.11. The average molecular weight is 588 g/mol. The molecule has 0 radical (unpaired) electrons. The van der Waals surface area contributed by atoms with Crippen molar-refractivity contribution in [2.75, 3.05) is 29.8 Å². The molecule has 3 N–H and O–H groups in total. The van der Waals surface area contributed by atoms with E-state index in [9.17, 15) is 32.7 Å². The van der Waals surface area contributed by atoms with Crippen LogP contribution in [0.15, 0.2) is 54.6 Å². The van der Waals surface area contributed by atoms with E-state index < -0.39 is 47.8 Å². The molecule has 3 aromatic rings. The number of aliphatic hydroxyl groups excluding tert-OH is 1. The Balaban J connectivity index is 1.78. The zero-order valence-corrected chi connectivity index (χ0v) is 22.8. The van der Waals surface area contributed by atoms with Gasteiger partial charge in [0.25, 0.3) is 5.91 Å². The van der Waals surface area contributed by atoms with Crippen molar-refractivity contribution in [2.24, 2.45) is 0 Å². The van der Waals surface area contributed by atoms with E-state index in [-0.39, 0.29) is 17.3 Å². The van der Waals surface area contributed by atoms with Crippen LogP contribution >= 0.6 is 0 Å². The fraction of sp³-hybridized carbons (Fsp3) is 0.276. The summed E-state index contributed by atoms with van der Waals surface area (Å²) in [7, 11) is 2.49. The second-order valence-electron chi connectivity index (χ2n) is 9.36. The van der Waals surface area contributed by atoms with E-state index in [1.54, 1.807) is 30.3 Å². The molecule has 2 amide bonds. The number of alkyl halides is 2. The van der Waals surface area contributed by atoms with Crippen molar-refractivity contribution in [3.05, 3.63) is 77.1 Å². The molecule has 4 rings (SSSR count). The number of anilines is 4. The van der Waals surface area contributed by atoms with Gasteiger partial charge in [-0.2, -0.15) is 8.78 Å². The van der Waals surface area contributed by atoms with E-state index in [1.165, 1.54) is 25.2 Å². The minimum atomic E-state index is -3.28. The SMILES string of the molecule is COC(=O)c1cccc(Nc2ccc3c(c2NC(=O)C(O)c2cc(F)ccc2OC(F)F)CC[C@H](C)N3C(=O)OC)c1. The van der Waals surface area contributed by atoms with Crippen molar-refractivity contribution >= 4 is 40.7 Å². The van der Waals surface area contributed by atoms with Gasteiger partial charge in [0.1, 0.15) is 11.6 Å². The lowest BCUT2D eigenvalue weighted by molar-refractivity contribution is -0.124. The predicted molar refractivity (Wildman–Crippen MR) is 147 cm³/mol. The van der Waals surface area contributed by atoms with E-state index in [0.29, 0.717) is 35.5 Å². The first-order chi connectivity index (χ1) is 20.0. The normalized spacial score (nSPS) is 15.0. The largest absolute Gasteiger partial charge is 0.465 e. The van der Waals surface area contributed by atoms with E-state index in [4.69, 9.17) is 9.47 Å². The van der Waals surface area contributed by atoms with Gasteiger partial charge >= 0.3 is 18.7 Å². The molecular formula is C29H28F3N3O7. The number of ether oxygens (including phenoxy) is 3. The number of nitrogens with zero attached hydrogens (tertiary/aromatic N) is 1. The van der Waals surface area contributed by atoms with Crippen molar-refractivity contribution in [3.63, 3.8) is 0 Å². The van der Waals surface area contributed by atoms with Crippen molar-refractivity contribution < 1.29 is 46.9 Å². The number of esters is 1. The lowest BCUT2D eigenvalue weighted by Gasteiger charge is -2.35. The molecule has 0 bridgehead atoms. The summed E-state index contributed by atoms with van der Waals surface area (Å²) >= 11 is 0. The van der Waals surface area contributed by atoms with Gasteiger partial charge in [0.15, 0.2) is 6.10 Å². The van der Waals surface area contributed by atoms with Gasteiger partial charge in [0.2, 0.25) is 0 Å². The Hall–Kier alpha value is -4.78. The van der Waals surface area contributed by atoms with Crippen LogP contribution in [0.2, 0.25) is 0 Å². The molecular weight excluding hydrogens is 559 g/mol. The van der Waals surface area contributed by atoms with Crippen LogP contribution < -0.4 is 20.3 Å². The molecule has 0 fully saturated rings. The molecule has 1 unspecified atom stereocenters. The maximum atomic E-state index is 14.0. The standard InChI is InChI=1S/C29H28F3N3O7/c1-15-7-9-19-22(35(15)29(39)41-3)11-10-21(33-18-6-4-5-16(13-18)27(38)40-2)24(19)34-26(37)25(36)20-14-17(30)8-12-23(20)42-28(31)32/h4-6,8,10-15,25,28,33,36H,7,9H2,1-3H3,(H,34,37)/t15-,25?/m0/s1. The first kappa shape index (κ1) is 30.2. The Bertz CT molecular complexity index is 1500. The van der Waals surface area contributed by atoms with E-state index in [2.05, 4.69) is 15.4 Å². The van der Waals surface area contributed by atoms with Crippen LogP contribution in [-0.4, -0.2) is 49.9 Å². The number of fused-ring (bicyclic) bond motifs is 1. The third kappa shape index (κ3) is 6.41. The van der Waals surface area contributed by atoms with Crippen LogP contribution in [0.3, 0.4) is 0 Å². The lowest BCUT2D eigenvalue weighted by Crippen LogP contribution is -2.42. The van der Waals surface area contributed by atoms with E-state index in [1.807, 2.05) is 6.92 Å². The molecule has 0 saturated heterocycles. The molecule has 222 valence electrons. The number of carbonyl (C=O) groups excluding carboxylic acids is 3. The van der Waals surface area contributed by atoms with Gasteiger partial charge in [-0.25, -0.2) is 14.0 Å². The summed E-state index contributed by atoms with van der Waals surface area (Å²) in [6.45, 7) is -1.45. The molecule has 13 heteroatoms. The second-order valence-corrected chi connectivity index (χ2v) is 9.36. The third-order valence-corrected chi connectivity index (χ3v) is 6.71. The van der Waals surface area contributed by atoms with Crippen LogP contribution in [0.4, 0.5) is 40.7 Å². The molecule has 2 atom stereocenters. The Morgan fingerprint density at radius 2 is 1.81 bits per heavy atom. The van der Waals surface area contributed by atoms with Gasteiger partial charge in [-0.15, -0.1) is 0 Å². The van der Waals surface area contributed by atoms with Crippen molar-refractivity contribution in [3.8, 4) is 5.75 Å². The highest BCUT2D eigenvalue weighted by Gasteiger charge is 2.33. The highest BCUT2D eigenvalue weighted by Crippen LogP contribution is 2.42. The number of aliphatic hydroxyl groups is 1. The van der Waals surface area contributed by atoms with Crippen LogP contribution in [0.25, 0.3) is 0 Å². The van der Waals surface area contributed by atoms with Crippen molar-refractivity contribution in [1.29, 1.82) is 0 Å². The molecule has 0 spiro atoms. The Kier molecular flexibility index (Phi) is 9.21. The molecule has 0 aliphatic carbocycles. The summed E-state index contributed by atoms with van der Waals surface area (Å²) in [5, 5.41) is 16.6. The lowest BCUT2D eigenvalue weighted by atomic mass is 9.94. The molecule has 0 saturated carbocycles. The number of amides is 2. The number of hydrogen-bond acceptors (Lipinski definition) is 8. The fourth-order valence-corrected chi connectivity index (χ4v) is 4.73. The number of methoxy groups -OCH3 is 2. The highest BCUT2D eigenvalue weighted by atomic mass is 19.3. The summed E-state index contributed by atoms with van der Waals surface area (Å²) in [6, 6.07) is 11.8. The van der Waals surface area contributed by atoms with Gasteiger partial charge < -0.3 is 30.0 Å². The average Bonchev–Trinajstić information content (AvgIpc) is 2.97. The quantitative estimate of drug-likeness (QED) is 0.294. The molecule has 10 nitrogen and oxygen atoms in total. The van der Waals surface area contributed by atoms with Crippen LogP contribution in [0.5, 0.6) is 5.75 Å². The van der Waals surface area contributed by atoms with Crippen molar-refractivity contribution in [1.82, 2.24) is 0 Å². The minimum absolute atomic E-state index is 0.161. The molecule has 1 heterocycles. The van der Waals surface area contributed by atoms with Gasteiger partial charge in [0.05, 0.1) is 36.8 Å². The zero-order valence-electron chi connectivity index (χ0n) is 22.8. The summed E-state index contributed by atoms with van der Waals surface area (Å²) < 4.78 is 54.0. The van der Waals surface area contributed by atoms with Gasteiger partial charge in [0, 0.05) is 22.9 Å². The molecule has 42 heavy (non-hydrogen) atoms. The first-order valence-electron chi connectivity index (χ1n) is 12.8. The monoisotopic (exact) mass is 587 g/mol. The fourth-order valence-electron chi connectivity index (χ4n) is 4.73. The molecule has 1 aliphatic heterocycles. The van der Waals surface area contributed by atoms with Gasteiger partial charge in [-0.3, -0.25) is 9.69 Å². The Morgan fingerprint density at radius 1 is 1.05 bits per heavy atom. The molecule has 3 aromatic carbocycles. The number of nitrogens with one attached hydrogen (secondary N) is 2. The first-order valence-corrected chi connectivity index (χ1v) is 12.8. The number of hydrogen-bond donors (Lipinski definition) is 3. The zero-order chi connectivity index (χ0) is 30.6. The van der Waals surface area contributed by atoms with Gasteiger partial charge in [-0.1, -0.05) is 6.07 Å². The van der Waals surface area contributed by atoms with E-state index in [0.717, 1.165) is 18.2 Å². The smallest absolute Gasteiger partial charge is 0.414 e. The minimum Gasteiger partial charge on any atom is -0.465 e. The summed E-state index contributed by atoms with van der Waals surface area (Å²) in [5.41, 5.74) is 1.61. The Morgan fingerprint density at radius 3 is 2.50 bits per heavy atom. The number of halogens is 3. The second kappa shape index (κ2) is 12.8. The van der Waals surface area contributed by atoms with Crippen LogP contribution in [0.1, 0.15) is 40.9 Å². The van der Waals surface area contributed by atoms with Gasteiger partial charge in [-0.05, 0) is 68.3 Å². The third-order valence-electron chi connectivity index (χ3n) is 6.71. The predicted octanol–water partition coefficient (Wildman–Crippen LogP) is 5.54.